The SMILES string of the molecule is Cc1c(-c2cccc(NC(=O)CCCN3C(=O)c4ccccc4C3=O)c2)nc2ncccn12. The van der Waals surface area contributed by atoms with Crippen LogP contribution in [0.3, 0.4) is 0 Å². The number of carbonyl (C=O) groups excluding carboxylic acids is 3. The molecule has 0 atom stereocenters. The zero-order chi connectivity index (χ0) is 22.9. The Kier molecular flexibility index (Phi) is 5.18. The van der Waals surface area contributed by atoms with E-state index < -0.39 is 0 Å². The van der Waals surface area contributed by atoms with Crippen molar-refractivity contribution in [1.29, 1.82) is 0 Å². The molecule has 0 aliphatic carbocycles. The van der Waals surface area contributed by atoms with Gasteiger partial charge in [0.25, 0.3) is 11.8 Å². The molecule has 0 spiro atoms. The number of imidazole rings is 1. The summed E-state index contributed by atoms with van der Waals surface area (Å²) in [5.74, 6) is -0.174. The third-order valence-electron chi connectivity index (χ3n) is 5.73. The number of hydrogen-bond donors (Lipinski definition) is 1. The number of amides is 3. The summed E-state index contributed by atoms with van der Waals surface area (Å²) in [6.45, 7) is 2.18. The smallest absolute Gasteiger partial charge is 0.261 e. The Hall–Kier alpha value is -4.33. The normalized spacial score (nSPS) is 12.9. The van der Waals surface area contributed by atoms with Crippen molar-refractivity contribution in [3.8, 4) is 11.3 Å². The Morgan fingerprint density at radius 1 is 1.00 bits per heavy atom. The van der Waals surface area contributed by atoms with E-state index in [0.29, 0.717) is 29.0 Å². The molecule has 33 heavy (non-hydrogen) atoms. The molecule has 1 aliphatic rings. The van der Waals surface area contributed by atoms with E-state index in [1.807, 2.05) is 47.9 Å². The molecule has 0 saturated heterocycles. The highest BCUT2D eigenvalue weighted by atomic mass is 16.2. The van der Waals surface area contributed by atoms with E-state index in [1.165, 1.54) is 4.90 Å². The van der Waals surface area contributed by atoms with Gasteiger partial charge in [0.15, 0.2) is 0 Å². The van der Waals surface area contributed by atoms with E-state index in [2.05, 4.69) is 15.3 Å². The molecule has 8 heteroatoms. The van der Waals surface area contributed by atoms with Crippen molar-refractivity contribution < 1.29 is 14.4 Å². The van der Waals surface area contributed by atoms with E-state index in [-0.39, 0.29) is 30.7 Å². The Morgan fingerprint density at radius 3 is 2.48 bits per heavy atom. The van der Waals surface area contributed by atoms with Gasteiger partial charge in [-0.3, -0.25) is 23.7 Å². The lowest BCUT2D eigenvalue weighted by Crippen LogP contribution is -2.31. The van der Waals surface area contributed by atoms with E-state index in [0.717, 1.165) is 17.0 Å². The number of fused-ring (bicyclic) bond motifs is 2. The van der Waals surface area contributed by atoms with Crippen LogP contribution in [0, 0.1) is 6.92 Å². The van der Waals surface area contributed by atoms with Crippen LogP contribution in [0.2, 0.25) is 0 Å². The van der Waals surface area contributed by atoms with E-state index in [4.69, 9.17) is 0 Å². The minimum Gasteiger partial charge on any atom is -0.326 e. The number of anilines is 1. The summed E-state index contributed by atoms with van der Waals surface area (Å²) in [7, 11) is 0. The van der Waals surface area contributed by atoms with Gasteiger partial charge in [-0.1, -0.05) is 24.3 Å². The maximum Gasteiger partial charge on any atom is 0.261 e. The van der Waals surface area contributed by atoms with Gasteiger partial charge in [-0.15, -0.1) is 0 Å². The Labute approximate surface area is 189 Å². The standard InChI is InChI=1S/C25H21N5O3/c1-16-22(28-25-26-12-6-14-29(16)25)17-7-4-8-18(15-17)27-21(31)11-5-13-30-23(32)19-9-2-3-10-20(19)24(30)33/h2-4,6-10,12,14-15H,5,11,13H2,1H3,(H,27,31). The second kappa shape index (κ2) is 8.31. The van der Waals surface area contributed by atoms with Gasteiger partial charge in [0.1, 0.15) is 0 Å². The third kappa shape index (κ3) is 3.76. The van der Waals surface area contributed by atoms with Crippen LogP contribution in [-0.2, 0) is 4.79 Å². The molecule has 164 valence electrons. The number of rotatable bonds is 6. The van der Waals surface area contributed by atoms with Crippen LogP contribution in [0.4, 0.5) is 5.69 Å². The predicted molar refractivity (Wildman–Crippen MR) is 123 cm³/mol. The number of aromatic nitrogens is 3. The van der Waals surface area contributed by atoms with Gasteiger partial charge in [-0.25, -0.2) is 9.97 Å². The molecule has 0 unspecified atom stereocenters. The number of imide groups is 1. The molecule has 1 aliphatic heterocycles. The Balaban J connectivity index is 1.22. The fourth-order valence-electron chi connectivity index (χ4n) is 4.08. The fourth-order valence-corrected chi connectivity index (χ4v) is 4.08. The van der Waals surface area contributed by atoms with Crippen LogP contribution in [0.15, 0.2) is 67.0 Å². The molecule has 0 saturated carbocycles. The highest BCUT2D eigenvalue weighted by molar-refractivity contribution is 6.21. The molecular formula is C25H21N5O3. The summed E-state index contributed by atoms with van der Waals surface area (Å²) in [5, 5.41) is 2.89. The average Bonchev–Trinajstić information content (AvgIpc) is 3.29. The second-order valence-electron chi connectivity index (χ2n) is 7.88. The second-order valence-corrected chi connectivity index (χ2v) is 7.88. The summed E-state index contributed by atoms with van der Waals surface area (Å²) < 4.78 is 1.92. The molecule has 3 heterocycles. The average molecular weight is 439 g/mol. The molecular weight excluding hydrogens is 418 g/mol. The van der Waals surface area contributed by atoms with Gasteiger partial charge in [-0.2, -0.15) is 0 Å². The minimum absolute atomic E-state index is 0.183. The van der Waals surface area contributed by atoms with Crippen molar-refractivity contribution in [3.05, 3.63) is 83.8 Å². The Morgan fingerprint density at radius 2 is 1.76 bits per heavy atom. The summed E-state index contributed by atoms with van der Waals surface area (Å²) in [5.41, 5.74) is 4.13. The zero-order valence-corrected chi connectivity index (χ0v) is 18.0. The molecule has 1 N–H and O–H groups in total. The summed E-state index contributed by atoms with van der Waals surface area (Å²) in [6.07, 6.45) is 4.18. The van der Waals surface area contributed by atoms with E-state index in [9.17, 15) is 14.4 Å². The van der Waals surface area contributed by atoms with Crippen LogP contribution < -0.4 is 5.32 Å². The van der Waals surface area contributed by atoms with Crippen LogP contribution in [0.25, 0.3) is 17.0 Å². The number of aryl methyl sites for hydroxylation is 1. The van der Waals surface area contributed by atoms with Crippen LogP contribution in [-0.4, -0.2) is 43.5 Å². The number of hydrogen-bond acceptors (Lipinski definition) is 5. The maximum atomic E-state index is 12.5. The van der Waals surface area contributed by atoms with Crippen LogP contribution in [0.1, 0.15) is 39.3 Å². The van der Waals surface area contributed by atoms with Crippen LogP contribution in [0.5, 0.6) is 0 Å². The number of nitrogens with one attached hydrogen (secondary N) is 1. The van der Waals surface area contributed by atoms with Gasteiger partial charge < -0.3 is 5.32 Å². The monoisotopic (exact) mass is 439 g/mol. The molecule has 3 amide bonds. The van der Waals surface area contributed by atoms with Gasteiger partial charge in [-0.05, 0) is 43.7 Å². The first-order valence-electron chi connectivity index (χ1n) is 10.7. The lowest BCUT2D eigenvalue weighted by Gasteiger charge is -2.13. The zero-order valence-electron chi connectivity index (χ0n) is 18.0. The molecule has 0 bridgehead atoms. The quantitative estimate of drug-likeness (QED) is 0.462. The van der Waals surface area contributed by atoms with Crippen molar-refractivity contribution in [2.45, 2.75) is 19.8 Å². The molecule has 4 aromatic rings. The highest BCUT2D eigenvalue weighted by Gasteiger charge is 2.34. The van der Waals surface area contributed by atoms with Crippen molar-refractivity contribution in [2.24, 2.45) is 0 Å². The largest absolute Gasteiger partial charge is 0.326 e. The first-order chi connectivity index (χ1) is 16.0. The highest BCUT2D eigenvalue weighted by Crippen LogP contribution is 2.26. The van der Waals surface area contributed by atoms with Crippen molar-refractivity contribution >= 4 is 29.2 Å². The molecule has 2 aromatic carbocycles. The number of benzene rings is 2. The molecule has 0 radical (unpaired) electrons. The summed E-state index contributed by atoms with van der Waals surface area (Å²) in [4.78, 5) is 47.4. The maximum absolute atomic E-state index is 12.5. The number of carbonyl (C=O) groups is 3. The lowest BCUT2D eigenvalue weighted by atomic mass is 10.1. The lowest BCUT2D eigenvalue weighted by molar-refractivity contribution is -0.116. The van der Waals surface area contributed by atoms with Crippen molar-refractivity contribution in [1.82, 2.24) is 19.3 Å². The van der Waals surface area contributed by atoms with Gasteiger partial charge in [0.05, 0.1) is 16.8 Å². The van der Waals surface area contributed by atoms with Gasteiger partial charge >= 0.3 is 0 Å². The molecule has 5 rings (SSSR count). The van der Waals surface area contributed by atoms with E-state index >= 15 is 0 Å². The first-order valence-corrected chi connectivity index (χ1v) is 10.7. The van der Waals surface area contributed by atoms with Gasteiger partial charge in [0, 0.05) is 42.3 Å². The Bertz CT molecular complexity index is 1370. The molecule has 0 fully saturated rings. The topological polar surface area (TPSA) is 96.7 Å². The minimum atomic E-state index is -0.305. The molecule has 8 nitrogen and oxygen atoms in total. The predicted octanol–water partition coefficient (Wildman–Crippen LogP) is 3.72. The van der Waals surface area contributed by atoms with Crippen molar-refractivity contribution in [2.75, 3.05) is 11.9 Å². The van der Waals surface area contributed by atoms with Gasteiger partial charge in [0.2, 0.25) is 11.7 Å². The third-order valence-corrected chi connectivity index (χ3v) is 5.73. The van der Waals surface area contributed by atoms with Crippen LogP contribution >= 0.6 is 0 Å². The summed E-state index contributed by atoms with van der Waals surface area (Å²) >= 11 is 0. The first kappa shape index (κ1) is 20.6. The fraction of sp³-hybridized carbons (Fsp3) is 0.160. The number of nitrogens with zero attached hydrogens (tertiary/aromatic N) is 4. The summed E-state index contributed by atoms with van der Waals surface area (Å²) in [6, 6.07) is 16.1. The van der Waals surface area contributed by atoms with Crippen molar-refractivity contribution in [3.63, 3.8) is 0 Å². The molecule has 2 aromatic heterocycles. The van der Waals surface area contributed by atoms with E-state index in [1.54, 1.807) is 30.5 Å².